The van der Waals surface area contributed by atoms with E-state index in [1.165, 1.54) is 22.3 Å². The van der Waals surface area contributed by atoms with Crippen molar-refractivity contribution in [3.05, 3.63) is 70.8 Å². The maximum absolute atomic E-state index is 5.10. The van der Waals surface area contributed by atoms with E-state index in [4.69, 9.17) is 9.47 Å². The van der Waals surface area contributed by atoms with E-state index in [9.17, 15) is 0 Å². The third kappa shape index (κ3) is 6.55. The van der Waals surface area contributed by atoms with Gasteiger partial charge in [0, 0.05) is 27.4 Å². The zero-order valence-electron chi connectivity index (χ0n) is 14.4. The summed E-state index contributed by atoms with van der Waals surface area (Å²) in [6.45, 7) is 1.66. The van der Waals surface area contributed by atoms with Gasteiger partial charge in [0.05, 0.1) is 0 Å². The van der Waals surface area contributed by atoms with Crippen LogP contribution >= 0.6 is 0 Å². The molecule has 0 saturated heterocycles. The Morgan fingerprint density at radius 1 is 0.565 bits per heavy atom. The minimum absolute atomic E-state index is 0.832. The van der Waals surface area contributed by atoms with Crippen molar-refractivity contribution in [3.8, 4) is 0 Å². The zero-order chi connectivity index (χ0) is 16.3. The van der Waals surface area contributed by atoms with Gasteiger partial charge >= 0.3 is 0 Å². The van der Waals surface area contributed by atoms with Gasteiger partial charge in [0.2, 0.25) is 0 Å². The van der Waals surface area contributed by atoms with E-state index in [-0.39, 0.29) is 0 Å². The molecule has 2 aromatic carbocycles. The van der Waals surface area contributed by atoms with Crippen molar-refractivity contribution < 1.29 is 9.47 Å². The molecule has 0 spiro atoms. The van der Waals surface area contributed by atoms with Gasteiger partial charge in [-0.05, 0) is 54.4 Å². The highest BCUT2D eigenvalue weighted by molar-refractivity contribution is 5.30. The van der Waals surface area contributed by atoms with E-state index >= 15 is 0 Å². The van der Waals surface area contributed by atoms with E-state index in [0.29, 0.717) is 0 Å². The second kappa shape index (κ2) is 10.2. The third-order valence-electron chi connectivity index (χ3n) is 4.08. The van der Waals surface area contributed by atoms with Crippen LogP contribution in [0.2, 0.25) is 0 Å². The highest BCUT2D eigenvalue weighted by atomic mass is 16.5. The number of hydrogen-bond donors (Lipinski definition) is 0. The summed E-state index contributed by atoms with van der Waals surface area (Å²) in [6.07, 6.45) is 5.34. The predicted molar refractivity (Wildman–Crippen MR) is 96.1 cm³/mol. The Morgan fingerprint density at radius 3 is 1.26 bits per heavy atom. The lowest BCUT2D eigenvalue weighted by Crippen LogP contribution is -1.95. The number of benzene rings is 2. The molecular weight excluding hydrogens is 284 g/mol. The van der Waals surface area contributed by atoms with Crippen molar-refractivity contribution in [1.82, 2.24) is 0 Å². The summed E-state index contributed by atoms with van der Waals surface area (Å²) < 4.78 is 10.2. The molecule has 2 heteroatoms. The fourth-order valence-electron chi connectivity index (χ4n) is 2.72. The maximum atomic E-state index is 5.10. The van der Waals surface area contributed by atoms with Gasteiger partial charge in [-0.25, -0.2) is 0 Å². The molecule has 2 aromatic rings. The Morgan fingerprint density at radius 2 is 0.913 bits per heavy atom. The van der Waals surface area contributed by atoms with Crippen LogP contribution in [0, 0.1) is 0 Å². The molecule has 2 rings (SSSR count). The normalized spacial score (nSPS) is 10.9. The van der Waals surface area contributed by atoms with E-state index < -0.39 is 0 Å². The number of rotatable bonds is 10. The summed E-state index contributed by atoms with van der Waals surface area (Å²) >= 11 is 0. The number of aryl methyl sites for hydroxylation is 2. The third-order valence-corrected chi connectivity index (χ3v) is 4.08. The lowest BCUT2D eigenvalue weighted by atomic mass is 10.0. The van der Waals surface area contributed by atoms with Crippen molar-refractivity contribution in [2.24, 2.45) is 0 Å². The topological polar surface area (TPSA) is 18.5 Å². The Labute approximate surface area is 140 Å². The Balaban J connectivity index is 1.84. The van der Waals surface area contributed by atoms with Crippen molar-refractivity contribution >= 4 is 0 Å². The van der Waals surface area contributed by atoms with Gasteiger partial charge in [0.25, 0.3) is 0 Å². The van der Waals surface area contributed by atoms with Gasteiger partial charge in [-0.3, -0.25) is 0 Å². The molecule has 0 amide bonds. The predicted octanol–water partition coefficient (Wildman–Crippen LogP) is 4.44. The van der Waals surface area contributed by atoms with Crippen LogP contribution in [0.15, 0.2) is 48.5 Å². The number of hydrogen-bond acceptors (Lipinski definition) is 2. The van der Waals surface area contributed by atoms with Crippen LogP contribution in [0.1, 0.15) is 35.1 Å². The quantitative estimate of drug-likeness (QED) is 0.604. The summed E-state index contributed by atoms with van der Waals surface area (Å²) in [6, 6.07) is 17.9. The van der Waals surface area contributed by atoms with Crippen LogP contribution < -0.4 is 0 Å². The monoisotopic (exact) mass is 312 g/mol. The second-order valence-electron chi connectivity index (χ2n) is 6.00. The largest absolute Gasteiger partial charge is 0.385 e. The molecule has 0 N–H and O–H groups in total. The summed E-state index contributed by atoms with van der Waals surface area (Å²) in [5.74, 6) is 0. The van der Waals surface area contributed by atoms with Gasteiger partial charge in [0.15, 0.2) is 0 Å². The first-order valence-corrected chi connectivity index (χ1v) is 8.45. The van der Waals surface area contributed by atoms with E-state index in [1.807, 2.05) is 0 Å². The van der Waals surface area contributed by atoms with Crippen LogP contribution in [-0.4, -0.2) is 27.4 Å². The molecule has 2 nitrogen and oxygen atoms in total. The van der Waals surface area contributed by atoms with Crippen LogP contribution in [0.4, 0.5) is 0 Å². The maximum Gasteiger partial charge on any atom is 0.0465 e. The fraction of sp³-hybridized carbons (Fsp3) is 0.429. The Bertz CT molecular complexity index is 492. The molecule has 0 bridgehead atoms. The van der Waals surface area contributed by atoms with Crippen molar-refractivity contribution in [2.45, 2.75) is 32.1 Å². The molecule has 124 valence electrons. The first kappa shape index (κ1) is 17.7. The van der Waals surface area contributed by atoms with Crippen LogP contribution in [0.25, 0.3) is 0 Å². The van der Waals surface area contributed by atoms with Crippen LogP contribution in [-0.2, 0) is 28.7 Å². The molecule has 0 unspecified atom stereocenters. The molecular formula is C21H28O2. The average molecular weight is 312 g/mol. The number of ether oxygens (including phenoxy) is 2. The van der Waals surface area contributed by atoms with Gasteiger partial charge < -0.3 is 9.47 Å². The van der Waals surface area contributed by atoms with Gasteiger partial charge in [-0.1, -0.05) is 48.5 Å². The van der Waals surface area contributed by atoms with Gasteiger partial charge in [0.1, 0.15) is 0 Å². The standard InChI is InChI=1S/C21H28O2/c1-22-15-3-5-18-7-11-20(12-8-18)17-21-13-9-19(10-14-21)6-4-16-23-2/h7-14H,3-6,15-17H2,1-2H3. The summed E-state index contributed by atoms with van der Waals surface area (Å²) in [7, 11) is 3.51. The first-order chi connectivity index (χ1) is 11.3. The summed E-state index contributed by atoms with van der Waals surface area (Å²) in [5.41, 5.74) is 5.51. The molecule has 23 heavy (non-hydrogen) atoms. The van der Waals surface area contributed by atoms with Crippen LogP contribution in [0.3, 0.4) is 0 Å². The van der Waals surface area contributed by atoms with E-state index in [1.54, 1.807) is 14.2 Å². The van der Waals surface area contributed by atoms with Gasteiger partial charge in [-0.15, -0.1) is 0 Å². The van der Waals surface area contributed by atoms with E-state index in [2.05, 4.69) is 48.5 Å². The molecule has 0 aromatic heterocycles. The minimum Gasteiger partial charge on any atom is -0.385 e. The Hall–Kier alpha value is -1.64. The minimum atomic E-state index is 0.832. The lowest BCUT2D eigenvalue weighted by Gasteiger charge is -2.06. The van der Waals surface area contributed by atoms with Crippen molar-refractivity contribution in [2.75, 3.05) is 27.4 Å². The summed E-state index contributed by atoms with van der Waals surface area (Å²) in [4.78, 5) is 0. The molecule has 0 fully saturated rings. The van der Waals surface area contributed by atoms with Crippen LogP contribution in [0.5, 0.6) is 0 Å². The smallest absolute Gasteiger partial charge is 0.0465 e. The Kier molecular flexibility index (Phi) is 7.85. The molecule has 0 aliphatic rings. The SMILES string of the molecule is COCCCc1ccc(Cc2ccc(CCCOC)cc2)cc1. The van der Waals surface area contributed by atoms with E-state index in [0.717, 1.165) is 45.3 Å². The molecule has 0 saturated carbocycles. The lowest BCUT2D eigenvalue weighted by molar-refractivity contribution is 0.195. The summed E-state index contributed by atoms with van der Waals surface area (Å²) in [5, 5.41) is 0. The second-order valence-corrected chi connectivity index (χ2v) is 6.00. The molecule has 0 atom stereocenters. The first-order valence-electron chi connectivity index (χ1n) is 8.45. The van der Waals surface area contributed by atoms with Gasteiger partial charge in [-0.2, -0.15) is 0 Å². The highest BCUT2D eigenvalue weighted by Crippen LogP contribution is 2.14. The fourth-order valence-corrected chi connectivity index (χ4v) is 2.72. The molecule has 0 aliphatic heterocycles. The number of methoxy groups -OCH3 is 2. The highest BCUT2D eigenvalue weighted by Gasteiger charge is 1.99. The van der Waals surface area contributed by atoms with Crippen molar-refractivity contribution in [3.63, 3.8) is 0 Å². The van der Waals surface area contributed by atoms with Crippen molar-refractivity contribution in [1.29, 1.82) is 0 Å². The zero-order valence-corrected chi connectivity index (χ0v) is 14.4. The molecule has 0 heterocycles. The molecule has 0 aliphatic carbocycles. The average Bonchev–Trinajstić information content (AvgIpc) is 2.58. The molecule has 0 radical (unpaired) electrons.